The average Bonchev–Trinajstić information content (AvgIpc) is 3.28. The Kier molecular flexibility index (Phi) is 6.88. The Hall–Kier alpha value is -2.30. The van der Waals surface area contributed by atoms with Gasteiger partial charge in [0.05, 0.1) is 6.10 Å². The van der Waals surface area contributed by atoms with E-state index in [1.54, 1.807) is 6.92 Å². The smallest absolute Gasteiger partial charge is 0.333 e. The van der Waals surface area contributed by atoms with Crippen LogP contribution in [-0.4, -0.2) is 40.8 Å². The van der Waals surface area contributed by atoms with Gasteiger partial charge in [0.2, 0.25) is 6.79 Å². The van der Waals surface area contributed by atoms with E-state index in [1.807, 2.05) is 16.7 Å². The molecule has 0 aliphatic carbocycles. The van der Waals surface area contributed by atoms with Crippen LogP contribution in [0.5, 0.6) is 11.5 Å². The molecule has 1 aliphatic heterocycles. The molecule has 0 spiro atoms. The molecular weight excluding hydrogens is 570 g/mol. The molecule has 1 aliphatic rings. The minimum Gasteiger partial charge on any atom is -0.454 e. The SMILES string of the molecule is CC(CCCCn1c(Cc2cc3c(cc2I)OCO3)nc2c(N)nc(F)nc21)OS(N)(=O)=O. The Bertz CT molecular complexity index is 1300. The molecule has 4 N–H and O–H groups in total. The van der Waals surface area contributed by atoms with Gasteiger partial charge in [-0.1, -0.05) is 0 Å². The van der Waals surface area contributed by atoms with Crippen molar-refractivity contribution in [3.63, 3.8) is 0 Å². The van der Waals surface area contributed by atoms with Gasteiger partial charge in [0, 0.05) is 16.5 Å². The van der Waals surface area contributed by atoms with Crippen LogP contribution in [0, 0.1) is 9.65 Å². The van der Waals surface area contributed by atoms with Crippen LogP contribution in [0.25, 0.3) is 11.2 Å². The van der Waals surface area contributed by atoms with Crippen LogP contribution in [0.3, 0.4) is 0 Å². The molecule has 0 amide bonds. The monoisotopic (exact) mass is 592 g/mol. The van der Waals surface area contributed by atoms with Gasteiger partial charge in [0.25, 0.3) is 0 Å². The molecule has 0 fully saturated rings. The summed E-state index contributed by atoms with van der Waals surface area (Å²) in [5.41, 5.74) is 7.49. The minimum atomic E-state index is -4.00. The topological polar surface area (TPSA) is 157 Å². The van der Waals surface area contributed by atoms with Crippen molar-refractivity contribution in [3.8, 4) is 11.5 Å². The van der Waals surface area contributed by atoms with E-state index in [4.69, 9.17) is 24.5 Å². The fraction of sp³-hybridized carbons (Fsp3) is 0.421. The number of halogens is 2. The number of nitrogen functional groups attached to an aromatic ring is 1. The van der Waals surface area contributed by atoms with Crippen LogP contribution >= 0.6 is 22.6 Å². The molecule has 0 radical (unpaired) electrons. The molecule has 0 saturated heterocycles. The van der Waals surface area contributed by atoms with E-state index in [-0.39, 0.29) is 12.6 Å². The van der Waals surface area contributed by atoms with E-state index in [1.165, 1.54) is 0 Å². The average molecular weight is 592 g/mol. The molecule has 11 nitrogen and oxygen atoms in total. The summed E-state index contributed by atoms with van der Waals surface area (Å²) >= 11 is 2.22. The summed E-state index contributed by atoms with van der Waals surface area (Å²) in [4.78, 5) is 12.1. The lowest BCUT2D eigenvalue weighted by molar-refractivity contribution is 0.174. The number of imidazole rings is 1. The van der Waals surface area contributed by atoms with E-state index < -0.39 is 22.5 Å². The van der Waals surface area contributed by atoms with Gasteiger partial charge < -0.3 is 19.8 Å². The van der Waals surface area contributed by atoms with Crippen molar-refractivity contribution in [2.24, 2.45) is 5.14 Å². The molecule has 2 aromatic heterocycles. The Morgan fingerprint density at radius 1 is 1.24 bits per heavy atom. The van der Waals surface area contributed by atoms with Gasteiger partial charge in [-0.3, -0.25) is 4.18 Å². The van der Waals surface area contributed by atoms with Crippen LogP contribution < -0.4 is 20.3 Å². The molecule has 33 heavy (non-hydrogen) atoms. The summed E-state index contributed by atoms with van der Waals surface area (Å²) in [5.74, 6) is 1.95. The maximum absolute atomic E-state index is 13.9. The van der Waals surface area contributed by atoms with Gasteiger partial charge in [-0.2, -0.15) is 22.8 Å². The first-order chi connectivity index (χ1) is 15.6. The number of nitrogens with two attached hydrogens (primary N) is 2. The number of benzene rings is 1. The van der Waals surface area contributed by atoms with Gasteiger partial charge in [-0.15, -0.1) is 0 Å². The first-order valence-corrected chi connectivity index (χ1v) is 12.6. The number of anilines is 1. The number of hydrogen-bond acceptors (Lipinski definition) is 9. The third-order valence-electron chi connectivity index (χ3n) is 5.10. The van der Waals surface area contributed by atoms with Crippen molar-refractivity contribution < 1.29 is 26.5 Å². The first-order valence-electron chi connectivity index (χ1n) is 10.1. The number of unbranched alkanes of at least 4 members (excludes halogenated alkanes) is 1. The minimum absolute atomic E-state index is 0.0342. The highest BCUT2D eigenvalue weighted by molar-refractivity contribution is 14.1. The van der Waals surface area contributed by atoms with Crippen LogP contribution in [0.1, 0.15) is 37.6 Å². The highest BCUT2D eigenvalue weighted by atomic mass is 127. The predicted molar refractivity (Wildman–Crippen MR) is 125 cm³/mol. The summed E-state index contributed by atoms with van der Waals surface area (Å²) in [7, 11) is -4.00. The number of aryl methyl sites for hydroxylation is 1. The van der Waals surface area contributed by atoms with Crippen LogP contribution in [0.2, 0.25) is 0 Å². The summed E-state index contributed by atoms with van der Waals surface area (Å²) in [6.45, 7) is 2.27. The molecule has 178 valence electrons. The van der Waals surface area contributed by atoms with E-state index >= 15 is 0 Å². The number of hydrogen-bond donors (Lipinski definition) is 2. The zero-order valence-electron chi connectivity index (χ0n) is 17.6. The molecule has 3 aromatic rings. The van der Waals surface area contributed by atoms with Crippen molar-refractivity contribution in [1.29, 1.82) is 0 Å². The zero-order valence-corrected chi connectivity index (χ0v) is 20.6. The second kappa shape index (κ2) is 9.52. The van der Waals surface area contributed by atoms with Crippen molar-refractivity contribution in [2.45, 2.75) is 45.3 Å². The largest absolute Gasteiger partial charge is 0.454 e. The lowest BCUT2D eigenvalue weighted by Crippen LogP contribution is -2.22. The third-order valence-corrected chi connectivity index (χ3v) is 6.71. The van der Waals surface area contributed by atoms with Gasteiger partial charge >= 0.3 is 16.4 Å². The maximum Gasteiger partial charge on any atom is 0.333 e. The maximum atomic E-state index is 13.9. The molecule has 0 bridgehead atoms. The molecule has 1 atom stereocenters. The predicted octanol–water partition coefficient (Wildman–Crippen LogP) is 2.25. The number of ether oxygens (including phenoxy) is 2. The molecule has 1 unspecified atom stereocenters. The molecule has 1 aromatic carbocycles. The normalized spacial score (nSPS) is 14.2. The van der Waals surface area contributed by atoms with Gasteiger partial charge in [0.15, 0.2) is 28.5 Å². The highest BCUT2D eigenvalue weighted by Gasteiger charge is 2.21. The molecule has 3 heterocycles. The zero-order chi connectivity index (χ0) is 23.8. The van der Waals surface area contributed by atoms with E-state index in [2.05, 4.69) is 37.5 Å². The number of aromatic nitrogens is 4. The Balaban J connectivity index is 1.58. The second-order valence-corrected chi connectivity index (χ2v) is 9.94. The standard InChI is InChI=1S/C19H22FIN6O5S/c1-10(32-33(23,28)29)4-2-3-5-27-15(24-16-17(22)25-19(20)26-18(16)27)7-11-6-13-14(8-12(11)21)31-9-30-13/h6,8,10H,2-5,7,9H2,1H3,(H2,22,25,26)(H2,23,28,29). The number of fused-ring (bicyclic) bond motifs is 2. The molecule has 14 heteroatoms. The number of nitrogens with zero attached hydrogens (tertiary/aromatic N) is 4. The Morgan fingerprint density at radius 3 is 2.70 bits per heavy atom. The van der Waals surface area contributed by atoms with Crippen molar-refractivity contribution in [2.75, 3.05) is 12.5 Å². The third kappa shape index (κ3) is 5.62. The van der Waals surface area contributed by atoms with E-state index in [0.29, 0.717) is 60.7 Å². The van der Waals surface area contributed by atoms with E-state index in [0.717, 1.165) is 9.13 Å². The van der Waals surface area contributed by atoms with E-state index in [9.17, 15) is 12.8 Å². The summed E-state index contributed by atoms with van der Waals surface area (Å²) in [5, 5.41) is 4.91. The van der Waals surface area contributed by atoms with Gasteiger partial charge in [-0.25, -0.2) is 10.1 Å². The van der Waals surface area contributed by atoms with Crippen LogP contribution in [0.15, 0.2) is 12.1 Å². The quantitative estimate of drug-likeness (QED) is 0.216. The lowest BCUT2D eigenvalue weighted by Gasteiger charge is -2.12. The van der Waals surface area contributed by atoms with Crippen molar-refractivity contribution in [1.82, 2.24) is 19.5 Å². The fourth-order valence-electron chi connectivity index (χ4n) is 3.65. The van der Waals surface area contributed by atoms with Crippen molar-refractivity contribution in [3.05, 3.63) is 33.2 Å². The number of rotatable bonds is 9. The molecular formula is C19H22FIN6O5S. The van der Waals surface area contributed by atoms with Crippen molar-refractivity contribution >= 4 is 49.9 Å². The highest BCUT2D eigenvalue weighted by Crippen LogP contribution is 2.36. The molecule has 0 saturated carbocycles. The first kappa shape index (κ1) is 23.8. The summed E-state index contributed by atoms with van der Waals surface area (Å²) in [6, 6.07) is 3.79. The van der Waals surface area contributed by atoms with Gasteiger partial charge in [-0.05, 0) is 66.5 Å². The fourth-order valence-corrected chi connectivity index (χ4v) is 4.84. The summed E-state index contributed by atoms with van der Waals surface area (Å²) < 4.78 is 54.5. The Labute approximate surface area is 203 Å². The molecule has 4 rings (SSSR count). The van der Waals surface area contributed by atoms with Crippen LogP contribution in [0.4, 0.5) is 10.2 Å². The van der Waals surface area contributed by atoms with Crippen LogP contribution in [-0.2, 0) is 27.5 Å². The summed E-state index contributed by atoms with van der Waals surface area (Å²) in [6.07, 6.45) is 0.701. The Morgan fingerprint density at radius 2 is 1.97 bits per heavy atom. The lowest BCUT2D eigenvalue weighted by atomic mass is 10.1. The second-order valence-electron chi connectivity index (χ2n) is 7.60. The van der Waals surface area contributed by atoms with Gasteiger partial charge in [0.1, 0.15) is 5.82 Å².